The summed E-state index contributed by atoms with van der Waals surface area (Å²) in [4.78, 5) is 24.9. The summed E-state index contributed by atoms with van der Waals surface area (Å²) in [5.41, 5.74) is 8.23. The van der Waals surface area contributed by atoms with Crippen molar-refractivity contribution in [2.24, 2.45) is 11.7 Å². The zero-order valence-corrected chi connectivity index (χ0v) is 18.6. The normalized spacial score (nSPS) is 12.9. The van der Waals surface area contributed by atoms with Crippen molar-refractivity contribution in [1.29, 1.82) is 0 Å². The van der Waals surface area contributed by atoms with Crippen LogP contribution in [0.4, 0.5) is 0 Å². The van der Waals surface area contributed by atoms with E-state index in [2.05, 4.69) is 10.6 Å². The number of nitrogens with one attached hydrogen (secondary N) is 2. The summed E-state index contributed by atoms with van der Waals surface area (Å²) >= 11 is 0. The van der Waals surface area contributed by atoms with Gasteiger partial charge in [-0.25, -0.2) is 0 Å². The lowest BCUT2D eigenvalue weighted by atomic mass is 10.0. The van der Waals surface area contributed by atoms with Crippen LogP contribution >= 0.6 is 0 Å². The summed E-state index contributed by atoms with van der Waals surface area (Å²) < 4.78 is 5.65. The topological polar surface area (TPSA) is 93.5 Å². The third kappa shape index (κ3) is 9.77. The summed E-state index contributed by atoms with van der Waals surface area (Å²) in [6.07, 6.45) is 1.68. The van der Waals surface area contributed by atoms with Gasteiger partial charge in [0.1, 0.15) is 6.04 Å². The molecule has 6 heteroatoms. The van der Waals surface area contributed by atoms with Crippen LogP contribution in [0.2, 0.25) is 0 Å². The molecule has 168 valence electrons. The van der Waals surface area contributed by atoms with Gasteiger partial charge in [-0.05, 0) is 29.9 Å². The van der Waals surface area contributed by atoms with Crippen molar-refractivity contribution in [3.8, 4) is 0 Å². The van der Waals surface area contributed by atoms with Crippen LogP contribution in [-0.4, -0.2) is 30.5 Å². The number of hydrogen-bond acceptors (Lipinski definition) is 4. The number of amides is 2. The first kappa shape index (κ1) is 24.6. The molecule has 31 heavy (non-hydrogen) atoms. The Morgan fingerprint density at radius 3 is 2.19 bits per heavy atom. The van der Waals surface area contributed by atoms with Gasteiger partial charge in [-0.3, -0.25) is 9.59 Å². The Kier molecular flexibility index (Phi) is 10.8. The third-order valence-electron chi connectivity index (χ3n) is 5.00. The second kappa shape index (κ2) is 13.6. The van der Waals surface area contributed by atoms with Gasteiger partial charge >= 0.3 is 0 Å². The fourth-order valence-electron chi connectivity index (χ4n) is 3.19. The Bertz CT molecular complexity index is 781. The molecule has 0 radical (unpaired) electrons. The van der Waals surface area contributed by atoms with Gasteiger partial charge in [-0.15, -0.1) is 0 Å². The zero-order valence-electron chi connectivity index (χ0n) is 18.6. The molecule has 2 atom stereocenters. The highest BCUT2D eigenvalue weighted by atomic mass is 16.5. The van der Waals surface area contributed by atoms with Crippen molar-refractivity contribution < 1.29 is 14.3 Å². The van der Waals surface area contributed by atoms with E-state index in [1.165, 1.54) is 0 Å². The van der Waals surface area contributed by atoms with E-state index in [0.29, 0.717) is 39.0 Å². The van der Waals surface area contributed by atoms with Crippen LogP contribution in [0.5, 0.6) is 0 Å². The molecule has 0 fully saturated rings. The van der Waals surface area contributed by atoms with Gasteiger partial charge < -0.3 is 21.1 Å². The van der Waals surface area contributed by atoms with E-state index in [-0.39, 0.29) is 23.8 Å². The molecule has 4 N–H and O–H groups in total. The van der Waals surface area contributed by atoms with Gasteiger partial charge in [0.2, 0.25) is 11.8 Å². The van der Waals surface area contributed by atoms with Crippen LogP contribution in [0.3, 0.4) is 0 Å². The first-order valence-corrected chi connectivity index (χ1v) is 10.9. The van der Waals surface area contributed by atoms with Crippen molar-refractivity contribution in [3.05, 3.63) is 71.8 Å². The lowest BCUT2D eigenvalue weighted by Gasteiger charge is -2.22. The number of benzene rings is 2. The Labute approximate surface area is 185 Å². The lowest BCUT2D eigenvalue weighted by molar-refractivity contribution is -0.130. The van der Waals surface area contributed by atoms with Crippen LogP contribution in [0.1, 0.15) is 44.2 Å². The predicted molar refractivity (Wildman–Crippen MR) is 123 cm³/mol. The molecule has 0 bridgehead atoms. The number of rotatable bonds is 13. The quantitative estimate of drug-likeness (QED) is 0.460. The summed E-state index contributed by atoms with van der Waals surface area (Å²) in [6.45, 7) is 5.27. The average molecular weight is 426 g/mol. The van der Waals surface area contributed by atoms with Gasteiger partial charge in [-0.1, -0.05) is 74.5 Å². The first-order valence-electron chi connectivity index (χ1n) is 10.9. The summed E-state index contributed by atoms with van der Waals surface area (Å²) in [5.74, 6) is -0.308. The van der Waals surface area contributed by atoms with Crippen molar-refractivity contribution in [1.82, 2.24) is 10.6 Å². The van der Waals surface area contributed by atoms with Gasteiger partial charge in [0, 0.05) is 19.0 Å². The molecule has 0 saturated heterocycles. The van der Waals surface area contributed by atoms with Crippen molar-refractivity contribution >= 4 is 11.8 Å². The molecule has 2 aromatic carbocycles. The number of carbonyl (C=O) groups is 2. The monoisotopic (exact) mass is 425 g/mol. The maximum Gasteiger partial charge on any atom is 0.243 e. The summed E-state index contributed by atoms with van der Waals surface area (Å²) in [6, 6.07) is 19.0. The van der Waals surface area contributed by atoms with E-state index in [9.17, 15) is 9.59 Å². The smallest absolute Gasteiger partial charge is 0.243 e. The van der Waals surface area contributed by atoms with E-state index < -0.39 is 6.04 Å². The molecular formula is C25H35N3O3. The molecule has 2 aromatic rings. The maximum atomic E-state index is 12.5. The van der Waals surface area contributed by atoms with Crippen molar-refractivity contribution in [2.45, 2.75) is 58.3 Å². The van der Waals surface area contributed by atoms with E-state index >= 15 is 0 Å². The second-order valence-corrected chi connectivity index (χ2v) is 8.15. The maximum absolute atomic E-state index is 12.5. The van der Waals surface area contributed by atoms with E-state index in [0.717, 1.165) is 11.1 Å². The van der Waals surface area contributed by atoms with Crippen LogP contribution in [-0.2, 0) is 27.5 Å². The summed E-state index contributed by atoms with van der Waals surface area (Å²) in [5, 5.41) is 5.77. The highest BCUT2D eigenvalue weighted by Crippen LogP contribution is 2.07. The number of hydrogen-bond donors (Lipinski definition) is 3. The van der Waals surface area contributed by atoms with E-state index in [1.54, 1.807) is 0 Å². The highest BCUT2D eigenvalue weighted by Gasteiger charge is 2.23. The first-order chi connectivity index (χ1) is 15.0. The standard InChI is InChI=1S/C25H35N3O3/c1-19(2)24(25(30)27-16-20-10-5-3-6-11-20)28-23(29)15-9-14-22(26)18-31-17-21-12-7-4-8-13-21/h3-8,10-13,19,22,24H,9,14-18,26H2,1-2H3,(H,27,30)(H,28,29)/t22-,24?/m1/s1. The van der Waals surface area contributed by atoms with Crippen LogP contribution in [0.25, 0.3) is 0 Å². The van der Waals surface area contributed by atoms with Crippen molar-refractivity contribution in [2.75, 3.05) is 6.61 Å². The summed E-state index contributed by atoms with van der Waals surface area (Å²) in [7, 11) is 0. The number of nitrogens with two attached hydrogens (primary N) is 1. The van der Waals surface area contributed by atoms with Crippen molar-refractivity contribution in [3.63, 3.8) is 0 Å². The van der Waals surface area contributed by atoms with Gasteiger partial charge in [0.15, 0.2) is 0 Å². The average Bonchev–Trinajstić information content (AvgIpc) is 2.77. The molecule has 0 saturated carbocycles. The molecule has 2 amide bonds. The van der Waals surface area contributed by atoms with Crippen LogP contribution in [0.15, 0.2) is 60.7 Å². The third-order valence-corrected chi connectivity index (χ3v) is 5.00. The Morgan fingerprint density at radius 2 is 1.58 bits per heavy atom. The molecular weight excluding hydrogens is 390 g/mol. The fourth-order valence-corrected chi connectivity index (χ4v) is 3.19. The minimum Gasteiger partial charge on any atom is -0.375 e. The minimum atomic E-state index is -0.556. The van der Waals surface area contributed by atoms with Gasteiger partial charge in [0.05, 0.1) is 13.2 Å². The van der Waals surface area contributed by atoms with E-state index in [1.807, 2.05) is 74.5 Å². The Balaban J connectivity index is 1.65. The largest absolute Gasteiger partial charge is 0.375 e. The zero-order chi connectivity index (χ0) is 22.5. The molecule has 1 unspecified atom stereocenters. The van der Waals surface area contributed by atoms with Gasteiger partial charge in [0.25, 0.3) is 0 Å². The lowest BCUT2D eigenvalue weighted by Crippen LogP contribution is -2.49. The molecule has 6 nitrogen and oxygen atoms in total. The molecule has 0 aliphatic heterocycles. The Hall–Kier alpha value is -2.70. The molecule has 2 rings (SSSR count). The SMILES string of the molecule is CC(C)C(NC(=O)CCC[C@@H](N)COCc1ccccc1)C(=O)NCc1ccccc1. The molecule has 0 spiro atoms. The number of ether oxygens (including phenoxy) is 1. The Morgan fingerprint density at radius 1 is 0.968 bits per heavy atom. The molecule has 0 aromatic heterocycles. The minimum absolute atomic E-state index is 0.00614. The fraction of sp³-hybridized carbons (Fsp3) is 0.440. The molecule has 0 aliphatic rings. The van der Waals surface area contributed by atoms with Crippen LogP contribution < -0.4 is 16.4 Å². The van der Waals surface area contributed by atoms with Gasteiger partial charge in [-0.2, -0.15) is 0 Å². The predicted octanol–water partition coefficient (Wildman–Crippen LogP) is 3.16. The number of carbonyl (C=O) groups excluding carboxylic acids is 2. The second-order valence-electron chi connectivity index (χ2n) is 8.15. The highest BCUT2D eigenvalue weighted by molar-refractivity contribution is 5.87. The van der Waals surface area contributed by atoms with E-state index in [4.69, 9.17) is 10.5 Å². The molecule has 0 aliphatic carbocycles. The molecule has 0 heterocycles. The van der Waals surface area contributed by atoms with Crippen LogP contribution in [0, 0.1) is 5.92 Å².